The average Bonchev–Trinajstić information content (AvgIpc) is 2.90. The van der Waals surface area contributed by atoms with Crippen LogP contribution >= 0.6 is 0 Å². The van der Waals surface area contributed by atoms with E-state index in [1.807, 2.05) is 37.3 Å². The van der Waals surface area contributed by atoms with E-state index >= 15 is 0 Å². The van der Waals surface area contributed by atoms with Crippen molar-refractivity contribution in [1.29, 1.82) is 0 Å². The highest BCUT2D eigenvalue weighted by Crippen LogP contribution is 2.26. The monoisotopic (exact) mass is 296 g/mol. The SMILES string of the molecule is Cc1ccccc1-c1c(CN)nnn1Cc1cccc(F)c1. The van der Waals surface area contributed by atoms with Gasteiger partial charge in [0.05, 0.1) is 12.2 Å². The summed E-state index contributed by atoms with van der Waals surface area (Å²) < 4.78 is 15.1. The first-order chi connectivity index (χ1) is 10.7. The van der Waals surface area contributed by atoms with Crippen LogP contribution in [0.4, 0.5) is 4.39 Å². The molecule has 0 amide bonds. The second kappa shape index (κ2) is 6.07. The van der Waals surface area contributed by atoms with E-state index in [2.05, 4.69) is 10.3 Å². The fourth-order valence-corrected chi connectivity index (χ4v) is 2.54. The van der Waals surface area contributed by atoms with Gasteiger partial charge in [-0.2, -0.15) is 0 Å². The number of nitrogens with zero attached hydrogens (tertiary/aromatic N) is 3. The van der Waals surface area contributed by atoms with Crippen molar-refractivity contribution < 1.29 is 4.39 Å². The standard InChI is InChI=1S/C17H17FN4/c1-12-5-2-3-8-15(12)17-16(10-19)20-21-22(17)11-13-6-4-7-14(18)9-13/h2-9H,10-11,19H2,1H3. The van der Waals surface area contributed by atoms with E-state index in [4.69, 9.17) is 5.73 Å². The molecule has 0 aliphatic carbocycles. The molecular formula is C17H17FN4. The van der Waals surface area contributed by atoms with Gasteiger partial charge in [-0.15, -0.1) is 5.10 Å². The van der Waals surface area contributed by atoms with E-state index in [1.54, 1.807) is 10.7 Å². The van der Waals surface area contributed by atoms with Crippen molar-refractivity contribution >= 4 is 0 Å². The zero-order chi connectivity index (χ0) is 15.5. The van der Waals surface area contributed by atoms with Crippen LogP contribution in [0.3, 0.4) is 0 Å². The molecular weight excluding hydrogens is 279 g/mol. The van der Waals surface area contributed by atoms with Gasteiger partial charge in [-0.1, -0.05) is 41.6 Å². The van der Waals surface area contributed by atoms with Crippen molar-refractivity contribution in [2.75, 3.05) is 0 Å². The molecule has 3 rings (SSSR count). The van der Waals surface area contributed by atoms with E-state index in [0.29, 0.717) is 13.1 Å². The lowest BCUT2D eigenvalue weighted by Gasteiger charge is -2.10. The Morgan fingerprint density at radius 1 is 1.14 bits per heavy atom. The van der Waals surface area contributed by atoms with Crippen molar-refractivity contribution in [3.8, 4) is 11.3 Å². The molecule has 22 heavy (non-hydrogen) atoms. The molecule has 0 aliphatic heterocycles. The maximum Gasteiger partial charge on any atom is 0.123 e. The number of halogens is 1. The summed E-state index contributed by atoms with van der Waals surface area (Å²) in [5.74, 6) is -0.255. The molecule has 0 bridgehead atoms. The fourth-order valence-electron chi connectivity index (χ4n) is 2.54. The molecule has 1 aromatic heterocycles. The zero-order valence-electron chi connectivity index (χ0n) is 12.3. The zero-order valence-corrected chi connectivity index (χ0v) is 12.3. The lowest BCUT2D eigenvalue weighted by atomic mass is 10.0. The van der Waals surface area contributed by atoms with Crippen LogP contribution in [0.25, 0.3) is 11.3 Å². The molecule has 0 atom stereocenters. The van der Waals surface area contributed by atoms with Gasteiger partial charge in [0.25, 0.3) is 0 Å². The predicted molar refractivity (Wildman–Crippen MR) is 83.6 cm³/mol. The molecule has 0 spiro atoms. The number of nitrogens with two attached hydrogens (primary N) is 1. The third kappa shape index (κ3) is 2.76. The van der Waals surface area contributed by atoms with Gasteiger partial charge < -0.3 is 5.73 Å². The smallest absolute Gasteiger partial charge is 0.123 e. The van der Waals surface area contributed by atoms with Crippen molar-refractivity contribution in [2.45, 2.75) is 20.0 Å². The first kappa shape index (κ1) is 14.4. The lowest BCUT2D eigenvalue weighted by Crippen LogP contribution is -2.06. The molecule has 0 aliphatic rings. The molecule has 0 radical (unpaired) electrons. The Hall–Kier alpha value is -2.53. The van der Waals surface area contributed by atoms with E-state index in [1.165, 1.54) is 12.1 Å². The van der Waals surface area contributed by atoms with Crippen LogP contribution in [0.2, 0.25) is 0 Å². The Bertz CT molecular complexity index is 795. The van der Waals surface area contributed by atoms with Crippen LogP contribution < -0.4 is 5.73 Å². The summed E-state index contributed by atoms with van der Waals surface area (Å²) in [6.07, 6.45) is 0. The van der Waals surface area contributed by atoms with E-state index in [9.17, 15) is 4.39 Å². The van der Waals surface area contributed by atoms with Crippen molar-refractivity contribution in [3.05, 3.63) is 71.2 Å². The van der Waals surface area contributed by atoms with Gasteiger partial charge >= 0.3 is 0 Å². The van der Waals surface area contributed by atoms with Crippen LogP contribution in [-0.2, 0) is 13.1 Å². The maximum absolute atomic E-state index is 13.4. The van der Waals surface area contributed by atoms with Gasteiger partial charge in [0, 0.05) is 12.1 Å². The summed E-state index contributed by atoms with van der Waals surface area (Å²) in [5, 5.41) is 8.36. The number of benzene rings is 2. The third-order valence-electron chi connectivity index (χ3n) is 3.62. The Morgan fingerprint density at radius 2 is 1.95 bits per heavy atom. The topological polar surface area (TPSA) is 56.7 Å². The van der Waals surface area contributed by atoms with Gasteiger partial charge in [0.1, 0.15) is 11.5 Å². The molecule has 5 heteroatoms. The second-order valence-corrected chi connectivity index (χ2v) is 5.19. The number of aryl methyl sites for hydroxylation is 1. The third-order valence-corrected chi connectivity index (χ3v) is 3.62. The molecule has 112 valence electrons. The largest absolute Gasteiger partial charge is 0.325 e. The van der Waals surface area contributed by atoms with Gasteiger partial charge in [-0.05, 0) is 30.2 Å². The summed E-state index contributed by atoms with van der Waals surface area (Å²) in [7, 11) is 0. The average molecular weight is 296 g/mol. The molecule has 1 heterocycles. The van der Waals surface area contributed by atoms with Gasteiger partial charge in [-0.3, -0.25) is 0 Å². The van der Waals surface area contributed by atoms with Crippen LogP contribution in [0.1, 0.15) is 16.8 Å². The number of hydrogen-bond acceptors (Lipinski definition) is 3. The highest BCUT2D eigenvalue weighted by molar-refractivity contribution is 5.65. The summed E-state index contributed by atoms with van der Waals surface area (Å²) in [6, 6.07) is 14.5. The Labute approximate surface area is 128 Å². The summed E-state index contributed by atoms with van der Waals surface area (Å²) in [6.45, 7) is 2.80. The van der Waals surface area contributed by atoms with E-state index < -0.39 is 0 Å². The van der Waals surface area contributed by atoms with Gasteiger partial charge in [0.2, 0.25) is 0 Å². The van der Waals surface area contributed by atoms with E-state index in [-0.39, 0.29) is 5.82 Å². The molecule has 4 nitrogen and oxygen atoms in total. The van der Waals surface area contributed by atoms with Crippen LogP contribution in [0.15, 0.2) is 48.5 Å². The molecule has 0 saturated heterocycles. The first-order valence-electron chi connectivity index (χ1n) is 7.12. The van der Waals surface area contributed by atoms with Crippen molar-refractivity contribution in [2.24, 2.45) is 5.73 Å². The summed E-state index contributed by atoms with van der Waals surface area (Å²) >= 11 is 0. The maximum atomic E-state index is 13.4. The number of rotatable bonds is 4. The quantitative estimate of drug-likeness (QED) is 0.805. The van der Waals surface area contributed by atoms with Gasteiger partial charge in [-0.25, -0.2) is 9.07 Å². The predicted octanol–water partition coefficient (Wildman–Crippen LogP) is 2.90. The van der Waals surface area contributed by atoms with Crippen LogP contribution in [0.5, 0.6) is 0 Å². The highest BCUT2D eigenvalue weighted by atomic mass is 19.1. The number of aromatic nitrogens is 3. The molecule has 3 aromatic rings. The highest BCUT2D eigenvalue weighted by Gasteiger charge is 2.15. The fraction of sp³-hybridized carbons (Fsp3) is 0.176. The van der Waals surface area contributed by atoms with Gasteiger partial charge in [0.15, 0.2) is 0 Å². The molecule has 2 N–H and O–H groups in total. The first-order valence-corrected chi connectivity index (χ1v) is 7.12. The minimum atomic E-state index is -0.255. The molecule has 0 saturated carbocycles. The number of hydrogen-bond donors (Lipinski definition) is 1. The Balaban J connectivity index is 2.06. The van der Waals surface area contributed by atoms with Crippen molar-refractivity contribution in [1.82, 2.24) is 15.0 Å². The summed E-state index contributed by atoms with van der Waals surface area (Å²) in [4.78, 5) is 0. The lowest BCUT2D eigenvalue weighted by molar-refractivity contribution is 0.615. The molecule has 0 fully saturated rings. The van der Waals surface area contributed by atoms with Crippen LogP contribution in [-0.4, -0.2) is 15.0 Å². The minimum Gasteiger partial charge on any atom is -0.325 e. The summed E-state index contributed by atoms with van der Waals surface area (Å²) in [5.41, 5.74) is 10.4. The normalized spacial score (nSPS) is 10.9. The van der Waals surface area contributed by atoms with Crippen LogP contribution in [0, 0.1) is 12.7 Å². The van der Waals surface area contributed by atoms with Crippen molar-refractivity contribution in [3.63, 3.8) is 0 Å². The van der Waals surface area contributed by atoms with E-state index in [0.717, 1.165) is 28.1 Å². The molecule has 2 aromatic carbocycles. The second-order valence-electron chi connectivity index (χ2n) is 5.19. The Morgan fingerprint density at radius 3 is 2.68 bits per heavy atom. The molecule has 0 unspecified atom stereocenters. The minimum absolute atomic E-state index is 0.255. The Kier molecular flexibility index (Phi) is 3.98.